The Hall–Kier alpha value is -2.49. The molecule has 1 aliphatic rings. The van der Waals surface area contributed by atoms with Crippen LogP contribution < -0.4 is 10.6 Å². The molecule has 0 aliphatic carbocycles. The number of hydrogen-bond donors (Lipinski definition) is 1. The van der Waals surface area contributed by atoms with Gasteiger partial charge >= 0.3 is 0 Å². The lowest BCUT2D eigenvalue weighted by Crippen LogP contribution is -2.49. The Morgan fingerprint density at radius 1 is 1.00 bits per heavy atom. The predicted molar refractivity (Wildman–Crippen MR) is 94.9 cm³/mol. The number of para-hydroxylation sites is 1. The van der Waals surface area contributed by atoms with Gasteiger partial charge in [0.2, 0.25) is 0 Å². The lowest BCUT2D eigenvalue weighted by Gasteiger charge is -2.36. The van der Waals surface area contributed by atoms with Crippen LogP contribution in [-0.2, 0) is 0 Å². The van der Waals surface area contributed by atoms with E-state index in [0.717, 1.165) is 31.7 Å². The van der Waals surface area contributed by atoms with Gasteiger partial charge in [0, 0.05) is 37.6 Å². The van der Waals surface area contributed by atoms with Gasteiger partial charge in [-0.05, 0) is 43.2 Å². The summed E-state index contributed by atoms with van der Waals surface area (Å²) in [6, 6.07) is 14.1. The highest BCUT2D eigenvalue weighted by atomic mass is 16.2. The van der Waals surface area contributed by atoms with Crippen molar-refractivity contribution >= 4 is 17.3 Å². The fraction of sp³-hybridized carbons (Fsp3) is 0.316. The van der Waals surface area contributed by atoms with Crippen LogP contribution in [0.3, 0.4) is 0 Å². The lowest BCUT2D eigenvalue weighted by atomic mass is 10.1. The molecule has 1 heterocycles. The molecule has 0 radical (unpaired) electrons. The van der Waals surface area contributed by atoms with Crippen molar-refractivity contribution in [1.29, 1.82) is 0 Å². The number of amides is 1. The summed E-state index contributed by atoms with van der Waals surface area (Å²) in [4.78, 5) is 16.9. The molecule has 0 saturated carbocycles. The van der Waals surface area contributed by atoms with Crippen LogP contribution in [-0.4, -0.2) is 37.0 Å². The van der Waals surface area contributed by atoms with Crippen LogP contribution in [0.25, 0.3) is 0 Å². The number of piperazine rings is 1. The minimum Gasteiger partial charge on any atom is -0.398 e. The summed E-state index contributed by atoms with van der Waals surface area (Å²) in [6.45, 7) is 7.17. The predicted octanol–water partition coefficient (Wildman–Crippen LogP) is 2.85. The molecule has 1 fully saturated rings. The molecule has 0 aromatic heterocycles. The van der Waals surface area contributed by atoms with Crippen molar-refractivity contribution in [3.8, 4) is 0 Å². The summed E-state index contributed by atoms with van der Waals surface area (Å²) < 4.78 is 0. The maximum absolute atomic E-state index is 12.7. The summed E-state index contributed by atoms with van der Waals surface area (Å²) in [5.74, 6) is 0.0371. The van der Waals surface area contributed by atoms with Crippen LogP contribution in [0.2, 0.25) is 0 Å². The van der Waals surface area contributed by atoms with Gasteiger partial charge in [-0.25, -0.2) is 0 Å². The number of nitrogen functional groups attached to an aromatic ring is 1. The first-order valence-corrected chi connectivity index (χ1v) is 8.02. The van der Waals surface area contributed by atoms with Crippen LogP contribution in [0.15, 0.2) is 42.5 Å². The molecule has 1 amide bonds. The van der Waals surface area contributed by atoms with Crippen LogP contribution in [0.4, 0.5) is 11.4 Å². The number of carbonyl (C=O) groups is 1. The standard InChI is InChI=1S/C19H23N3O/c1-14-5-3-7-16(13-14)21-9-11-22(12-10-21)19(23)17-8-4-6-15(2)18(17)20/h3-8,13H,9-12,20H2,1-2H3. The van der Waals surface area contributed by atoms with E-state index in [1.165, 1.54) is 11.3 Å². The summed E-state index contributed by atoms with van der Waals surface area (Å²) in [5.41, 5.74) is 10.7. The molecule has 1 saturated heterocycles. The van der Waals surface area contributed by atoms with Crippen LogP contribution >= 0.6 is 0 Å². The summed E-state index contributed by atoms with van der Waals surface area (Å²) >= 11 is 0. The number of nitrogens with zero attached hydrogens (tertiary/aromatic N) is 2. The second-order valence-electron chi connectivity index (χ2n) is 6.15. The SMILES string of the molecule is Cc1cccc(N2CCN(C(=O)c3cccc(C)c3N)CC2)c1. The van der Waals surface area contributed by atoms with Crippen LogP contribution in [0.5, 0.6) is 0 Å². The molecule has 0 atom stereocenters. The third-order valence-corrected chi connectivity index (χ3v) is 4.49. The largest absolute Gasteiger partial charge is 0.398 e. The molecular weight excluding hydrogens is 286 g/mol. The summed E-state index contributed by atoms with van der Waals surface area (Å²) in [6.07, 6.45) is 0. The Bertz CT molecular complexity index is 718. The van der Waals surface area contributed by atoms with Gasteiger partial charge in [0.05, 0.1) is 5.56 Å². The summed E-state index contributed by atoms with van der Waals surface area (Å²) in [5, 5.41) is 0. The summed E-state index contributed by atoms with van der Waals surface area (Å²) in [7, 11) is 0. The normalized spacial score (nSPS) is 14.9. The second kappa shape index (κ2) is 6.32. The van der Waals surface area contributed by atoms with Crippen molar-refractivity contribution in [2.75, 3.05) is 36.8 Å². The first kappa shape index (κ1) is 15.4. The Morgan fingerprint density at radius 3 is 2.39 bits per heavy atom. The number of aryl methyl sites for hydroxylation is 2. The smallest absolute Gasteiger partial charge is 0.256 e. The van der Waals surface area contributed by atoms with E-state index in [0.29, 0.717) is 11.3 Å². The van der Waals surface area contributed by atoms with Crippen molar-refractivity contribution in [2.24, 2.45) is 0 Å². The Labute approximate surface area is 137 Å². The lowest BCUT2D eigenvalue weighted by molar-refractivity contribution is 0.0748. The quantitative estimate of drug-likeness (QED) is 0.868. The minimum atomic E-state index is 0.0371. The van der Waals surface area contributed by atoms with Gasteiger partial charge in [0.25, 0.3) is 5.91 Å². The molecule has 2 N–H and O–H groups in total. The van der Waals surface area contributed by atoms with Gasteiger partial charge in [-0.1, -0.05) is 24.3 Å². The van der Waals surface area contributed by atoms with E-state index in [-0.39, 0.29) is 5.91 Å². The third-order valence-electron chi connectivity index (χ3n) is 4.49. The number of hydrogen-bond acceptors (Lipinski definition) is 3. The number of anilines is 2. The molecule has 120 valence electrons. The highest BCUT2D eigenvalue weighted by molar-refractivity contribution is 5.99. The monoisotopic (exact) mass is 309 g/mol. The fourth-order valence-corrected chi connectivity index (χ4v) is 3.03. The molecule has 1 aliphatic heterocycles. The van der Waals surface area contributed by atoms with Crippen LogP contribution in [0, 0.1) is 13.8 Å². The zero-order chi connectivity index (χ0) is 16.4. The molecule has 23 heavy (non-hydrogen) atoms. The average molecular weight is 309 g/mol. The van der Waals surface area contributed by atoms with Gasteiger partial charge in [-0.2, -0.15) is 0 Å². The molecule has 0 bridgehead atoms. The number of nitrogens with two attached hydrogens (primary N) is 1. The van der Waals surface area contributed by atoms with E-state index in [9.17, 15) is 4.79 Å². The topological polar surface area (TPSA) is 49.6 Å². The second-order valence-corrected chi connectivity index (χ2v) is 6.15. The van der Waals surface area contributed by atoms with E-state index in [1.54, 1.807) is 0 Å². The third kappa shape index (κ3) is 3.16. The van der Waals surface area contributed by atoms with Crippen molar-refractivity contribution in [1.82, 2.24) is 4.90 Å². The molecule has 2 aromatic carbocycles. The van der Waals surface area contributed by atoms with Crippen LogP contribution in [0.1, 0.15) is 21.5 Å². The fourth-order valence-electron chi connectivity index (χ4n) is 3.03. The van der Waals surface area contributed by atoms with Gasteiger partial charge < -0.3 is 15.5 Å². The van der Waals surface area contributed by atoms with E-state index in [2.05, 4.69) is 36.1 Å². The van der Waals surface area contributed by atoms with E-state index < -0.39 is 0 Å². The zero-order valence-corrected chi connectivity index (χ0v) is 13.7. The van der Waals surface area contributed by atoms with Gasteiger partial charge in [0.1, 0.15) is 0 Å². The zero-order valence-electron chi connectivity index (χ0n) is 13.7. The first-order valence-electron chi connectivity index (χ1n) is 8.02. The van der Waals surface area contributed by atoms with E-state index >= 15 is 0 Å². The van der Waals surface area contributed by atoms with Gasteiger partial charge in [-0.3, -0.25) is 4.79 Å². The Kier molecular flexibility index (Phi) is 4.24. The molecule has 0 spiro atoms. The van der Waals surface area contributed by atoms with E-state index in [4.69, 9.17) is 5.73 Å². The molecule has 0 unspecified atom stereocenters. The van der Waals surface area contributed by atoms with Crippen molar-refractivity contribution in [2.45, 2.75) is 13.8 Å². The highest BCUT2D eigenvalue weighted by Crippen LogP contribution is 2.21. The number of benzene rings is 2. The minimum absolute atomic E-state index is 0.0371. The molecule has 2 aromatic rings. The molecular formula is C19H23N3O. The van der Waals surface area contributed by atoms with Crippen molar-refractivity contribution in [3.63, 3.8) is 0 Å². The van der Waals surface area contributed by atoms with Gasteiger partial charge in [0.15, 0.2) is 0 Å². The highest BCUT2D eigenvalue weighted by Gasteiger charge is 2.23. The Balaban J connectivity index is 1.69. The van der Waals surface area contributed by atoms with Crippen molar-refractivity contribution < 1.29 is 4.79 Å². The van der Waals surface area contributed by atoms with Crippen molar-refractivity contribution in [3.05, 3.63) is 59.2 Å². The first-order chi connectivity index (χ1) is 11.1. The number of rotatable bonds is 2. The molecule has 3 rings (SSSR count). The molecule has 4 heteroatoms. The van der Waals surface area contributed by atoms with Gasteiger partial charge in [-0.15, -0.1) is 0 Å². The maximum Gasteiger partial charge on any atom is 0.256 e. The maximum atomic E-state index is 12.7. The Morgan fingerprint density at radius 2 is 1.70 bits per heavy atom. The average Bonchev–Trinajstić information content (AvgIpc) is 2.57. The number of carbonyl (C=O) groups excluding carboxylic acids is 1. The molecule has 4 nitrogen and oxygen atoms in total. The van der Waals surface area contributed by atoms with E-state index in [1.807, 2.05) is 30.0 Å².